The first-order valence-corrected chi connectivity index (χ1v) is 13.7. The van der Waals surface area contributed by atoms with Crippen LogP contribution in [0.15, 0.2) is 11.6 Å². The number of carbonyl (C=O) groups excluding carboxylic acids is 3. The fraction of sp³-hybridized carbons (Fsp3) is 0.821. The largest absolute Gasteiger partial charge is 0.458 e. The monoisotopic (exact) mass is 536 g/mol. The van der Waals surface area contributed by atoms with Gasteiger partial charge in [-0.05, 0) is 18.9 Å². The van der Waals surface area contributed by atoms with Crippen molar-refractivity contribution in [2.24, 2.45) is 35.0 Å². The van der Waals surface area contributed by atoms with E-state index in [1.54, 1.807) is 20.8 Å². The van der Waals surface area contributed by atoms with Gasteiger partial charge in [0.15, 0.2) is 17.0 Å². The van der Waals surface area contributed by atoms with Gasteiger partial charge in [-0.1, -0.05) is 47.6 Å². The number of rotatable bonds is 6. The van der Waals surface area contributed by atoms with Gasteiger partial charge < -0.3 is 34.6 Å². The highest BCUT2D eigenvalue weighted by Gasteiger charge is 2.92. The van der Waals surface area contributed by atoms with Crippen LogP contribution in [0.2, 0.25) is 0 Å². The predicted molar refractivity (Wildman–Crippen MR) is 131 cm³/mol. The molecule has 1 heterocycles. The van der Waals surface area contributed by atoms with Crippen LogP contribution in [0.4, 0.5) is 0 Å². The van der Waals surface area contributed by atoms with E-state index in [9.17, 15) is 34.8 Å². The molecular weight excluding hydrogens is 496 g/mol. The maximum Gasteiger partial charge on any atom is 0.309 e. The van der Waals surface area contributed by atoms with E-state index in [-0.39, 0.29) is 12.0 Å². The van der Waals surface area contributed by atoms with Gasteiger partial charge in [0, 0.05) is 35.5 Å². The van der Waals surface area contributed by atoms with Gasteiger partial charge in [-0.3, -0.25) is 14.4 Å². The number of hydrogen-bond donors (Lipinski definition) is 4. The number of ether oxygens (including phenoxy) is 3. The van der Waals surface area contributed by atoms with E-state index in [2.05, 4.69) is 0 Å². The third-order valence-corrected chi connectivity index (χ3v) is 10.8. The molecule has 5 aliphatic rings. The molecule has 4 N–H and O–H groups in total. The molecule has 1 aliphatic heterocycles. The fourth-order valence-electron chi connectivity index (χ4n) is 8.34. The van der Waals surface area contributed by atoms with E-state index >= 15 is 0 Å². The lowest BCUT2D eigenvalue weighted by atomic mass is 9.58. The third kappa shape index (κ3) is 2.88. The normalized spacial score (nSPS) is 50.3. The first-order valence-electron chi connectivity index (χ1n) is 13.7. The van der Waals surface area contributed by atoms with Gasteiger partial charge >= 0.3 is 11.9 Å². The van der Waals surface area contributed by atoms with E-state index in [1.807, 2.05) is 20.8 Å². The molecule has 0 radical (unpaired) electrons. The summed E-state index contributed by atoms with van der Waals surface area (Å²) in [5.74, 6) is -6.17. The van der Waals surface area contributed by atoms with Gasteiger partial charge in [0.1, 0.15) is 17.8 Å². The minimum atomic E-state index is -2.24. The average Bonchev–Trinajstić information content (AvgIpc) is 3.72. The molecule has 38 heavy (non-hydrogen) atoms. The van der Waals surface area contributed by atoms with Crippen molar-refractivity contribution < 1.29 is 49.0 Å². The summed E-state index contributed by atoms with van der Waals surface area (Å²) in [5.41, 5.74) is -7.95. The first kappa shape index (κ1) is 27.7. The molecule has 10 heteroatoms. The number of Topliss-reactive ketones (excluding diaryl/α,β-unsaturated/α-hetero) is 1. The molecule has 8 unspecified atom stereocenters. The van der Waals surface area contributed by atoms with Crippen molar-refractivity contribution in [1.29, 1.82) is 0 Å². The number of ketones is 1. The highest BCUT2D eigenvalue weighted by Crippen LogP contribution is 2.79. The minimum Gasteiger partial charge on any atom is -0.458 e. The van der Waals surface area contributed by atoms with Crippen LogP contribution < -0.4 is 0 Å². The summed E-state index contributed by atoms with van der Waals surface area (Å²) in [7, 11) is 0. The molecule has 4 aliphatic carbocycles. The standard InChI is InChI=1S/C28H40O10/c1-8-12(3)22(33)37-28-18(24(28,6)7)17-20(32)25(11-29)23(38-25)27(35)15(10-13(4)19(27)31)26(17,34)14(5)21(28)36-16(30)9-2/h10,12,14-15,17-18,20-21,23,29,32,34-35H,8-9,11H2,1-7H3/t12?,14-,15+,17-,18+,20?,21?,23?,25?,26?,27?,28?/m1/s1. The Kier molecular flexibility index (Phi) is 5.90. The quantitative estimate of drug-likeness (QED) is 0.280. The van der Waals surface area contributed by atoms with E-state index in [4.69, 9.17) is 14.2 Å². The average molecular weight is 537 g/mol. The third-order valence-electron chi connectivity index (χ3n) is 10.8. The Balaban J connectivity index is 1.74. The SMILES string of the molecule is CCC(=O)OC1[C@@H](C)C2(O)[C@@H]3C=C(C)C(=O)C3(O)C3OC3(CO)C(O)[C@H]2[C@H]2C(C)(C)C12OC(=O)C(C)CC. The van der Waals surface area contributed by atoms with Crippen LogP contribution in [0, 0.1) is 35.0 Å². The number of esters is 2. The summed E-state index contributed by atoms with van der Waals surface area (Å²) >= 11 is 0. The molecule has 1 saturated heterocycles. The molecule has 212 valence electrons. The zero-order chi connectivity index (χ0) is 28.4. The van der Waals surface area contributed by atoms with Crippen LogP contribution in [0.25, 0.3) is 0 Å². The van der Waals surface area contributed by atoms with Gasteiger partial charge in [-0.25, -0.2) is 0 Å². The van der Waals surface area contributed by atoms with Crippen molar-refractivity contribution in [2.45, 2.75) is 102 Å². The highest BCUT2D eigenvalue weighted by molar-refractivity contribution is 6.05. The molecule has 3 saturated carbocycles. The van der Waals surface area contributed by atoms with Gasteiger partial charge in [0.25, 0.3) is 0 Å². The summed E-state index contributed by atoms with van der Waals surface area (Å²) in [5, 5.41) is 46.9. The van der Waals surface area contributed by atoms with E-state index in [0.717, 1.165) is 0 Å². The summed E-state index contributed by atoms with van der Waals surface area (Å²) in [6.07, 6.45) is -1.82. The molecule has 10 nitrogen and oxygen atoms in total. The summed E-state index contributed by atoms with van der Waals surface area (Å²) < 4.78 is 18.0. The van der Waals surface area contributed by atoms with Crippen LogP contribution in [-0.2, 0) is 28.6 Å². The first-order chi connectivity index (χ1) is 17.6. The van der Waals surface area contributed by atoms with Crippen molar-refractivity contribution in [1.82, 2.24) is 0 Å². The second-order valence-corrected chi connectivity index (χ2v) is 12.7. The van der Waals surface area contributed by atoms with E-state index < -0.39 is 100 Å². The van der Waals surface area contributed by atoms with Crippen LogP contribution in [0.1, 0.15) is 61.3 Å². The van der Waals surface area contributed by atoms with Crippen molar-refractivity contribution >= 4 is 17.7 Å². The van der Waals surface area contributed by atoms with Crippen LogP contribution in [0.5, 0.6) is 0 Å². The van der Waals surface area contributed by atoms with Crippen molar-refractivity contribution in [3.63, 3.8) is 0 Å². The van der Waals surface area contributed by atoms with Gasteiger partial charge in [-0.2, -0.15) is 0 Å². The van der Waals surface area contributed by atoms with Crippen molar-refractivity contribution in [2.75, 3.05) is 6.61 Å². The Hall–Kier alpha value is -1.85. The number of epoxide rings is 1. The number of fused-ring (bicyclic) bond motifs is 7. The Morgan fingerprint density at radius 2 is 1.84 bits per heavy atom. The molecule has 0 aromatic heterocycles. The lowest BCUT2D eigenvalue weighted by Gasteiger charge is -2.54. The number of carbonyl (C=O) groups is 3. The van der Waals surface area contributed by atoms with Crippen molar-refractivity contribution in [3.8, 4) is 0 Å². The van der Waals surface area contributed by atoms with Gasteiger partial charge in [0.05, 0.1) is 24.2 Å². The number of hydrogen-bond acceptors (Lipinski definition) is 10. The maximum atomic E-state index is 13.4. The summed E-state index contributed by atoms with van der Waals surface area (Å²) in [6.45, 7) is 11.4. The molecule has 0 spiro atoms. The molecular formula is C28H40O10. The van der Waals surface area contributed by atoms with Crippen LogP contribution in [-0.4, -0.2) is 85.5 Å². The van der Waals surface area contributed by atoms with Crippen LogP contribution in [0.3, 0.4) is 0 Å². The topological polar surface area (TPSA) is 163 Å². The lowest BCUT2D eigenvalue weighted by Crippen LogP contribution is -2.69. The smallest absolute Gasteiger partial charge is 0.309 e. The number of aliphatic hydroxyl groups excluding tert-OH is 2. The zero-order valence-corrected chi connectivity index (χ0v) is 23.1. The Labute approximate surface area is 222 Å². The second kappa shape index (κ2) is 8.10. The molecule has 0 bridgehead atoms. The lowest BCUT2D eigenvalue weighted by molar-refractivity contribution is -0.251. The van der Waals surface area contributed by atoms with E-state index in [0.29, 0.717) is 6.42 Å². The second-order valence-electron chi connectivity index (χ2n) is 12.7. The van der Waals surface area contributed by atoms with Crippen molar-refractivity contribution in [3.05, 3.63) is 11.6 Å². The molecule has 0 aromatic carbocycles. The molecule has 0 aromatic rings. The van der Waals surface area contributed by atoms with Gasteiger partial charge in [0.2, 0.25) is 0 Å². The van der Waals surface area contributed by atoms with Gasteiger partial charge in [-0.15, -0.1) is 0 Å². The molecule has 0 amide bonds. The predicted octanol–water partition coefficient (Wildman–Crippen LogP) is 0.670. The molecule has 12 atom stereocenters. The minimum absolute atomic E-state index is 0.0442. The molecule has 4 fully saturated rings. The fourth-order valence-corrected chi connectivity index (χ4v) is 8.34. The Bertz CT molecular complexity index is 1110. The van der Waals surface area contributed by atoms with E-state index in [1.165, 1.54) is 13.0 Å². The zero-order valence-electron chi connectivity index (χ0n) is 23.1. The summed E-state index contributed by atoms with van der Waals surface area (Å²) in [4.78, 5) is 39.3. The maximum absolute atomic E-state index is 13.4. The summed E-state index contributed by atoms with van der Waals surface area (Å²) in [6, 6.07) is 0. The van der Waals surface area contributed by atoms with Crippen LogP contribution >= 0.6 is 0 Å². The Morgan fingerprint density at radius 3 is 2.39 bits per heavy atom. The molecule has 5 rings (SSSR count). The number of aliphatic hydroxyl groups is 4. The highest BCUT2D eigenvalue weighted by atomic mass is 16.7. The Morgan fingerprint density at radius 1 is 1.21 bits per heavy atom.